The first-order valence-electron chi connectivity index (χ1n) is 9.61. The third-order valence-corrected chi connectivity index (χ3v) is 5.24. The predicted octanol–water partition coefficient (Wildman–Crippen LogP) is 2.09. The molecular weight excluding hydrogens is 368 g/mol. The Morgan fingerprint density at radius 1 is 0.931 bits per heavy atom. The molecule has 0 bridgehead atoms. The lowest BCUT2D eigenvalue weighted by atomic mass is 10.1. The van der Waals surface area contributed by atoms with E-state index in [1.54, 1.807) is 10.7 Å². The molecule has 0 N–H and O–H groups in total. The van der Waals surface area contributed by atoms with Crippen LogP contribution in [0.15, 0.2) is 69.9 Å². The minimum absolute atomic E-state index is 0.317. The van der Waals surface area contributed by atoms with Gasteiger partial charge in [0.1, 0.15) is 5.58 Å². The molecule has 0 aliphatic carbocycles. The van der Waals surface area contributed by atoms with Crippen LogP contribution >= 0.6 is 0 Å². The molecule has 2 aromatic heterocycles. The van der Waals surface area contributed by atoms with Crippen molar-refractivity contribution >= 4 is 16.7 Å². The van der Waals surface area contributed by atoms with Crippen LogP contribution in [0, 0.1) is 0 Å². The summed E-state index contributed by atoms with van der Waals surface area (Å²) in [6, 6.07) is 19.2. The van der Waals surface area contributed by atoms with E-state index in [2.05, 4.69) is 25.3 Å². The summed E-state index contributed by atoms with van der Waals surface area (Å²) >= 11 is 0. The lowest BCUT2D eigenvalue weighted by Crippen LogP contribution is -2.46. The molecular formula is C21H20N6O2. The third-order valence-electron chi connectivity index (χ3n) is 5.24. The van der Waals surface area contributed by atoms with Crippen molar-refractivity contribution in [3.63, 3.8) is 0 Å². The van der Waals surface area contributed by atoms with Gasteiger partial charge in [-0.25, -0.2) is 4.79 Å². The van der Waals surface area contributed by atoms with Crippen LogP contribution in [0.5, 0.6) is 0 Å². The molecule has 8 nitrogen and oxygen atoms in total. The van der Waals surface area contributed by atoms with Crippen molar-refractivity contribution in [2.75, 3.05) is 31.1 Å². The van der Waals surface area contributed by atoms with Crippen molar-refractivity contribution in [2.45, 2.75) is 6.54 Å². The highest BCUT2D eigenvalue weighted by Crippen LogP contribution is 2.26. The van der Waals surface area contributed by atoms with E-state index in [0.717, 1.165) is 48.8 Å². The number of nitrogens with zero attached hydrogens (tertiary/aromatic N) is 6. The minimum Gasteiger partial charge on any atom is -0.423 e. The molecule has 1 aliphatic heterocycles. The summed E-state index contributed by atoms with van der Waals surface area (Å²) in [5.74, 6) is 0.815. The summed E-state index contributed by atoms with van der Waals surface area (Å²) < 4.78 is 7.10. The van der Waals surface area contributed by atoms with Crippen molar-refractivity contribution in [2.24, 2.45) is 0 Å². The van der Waals surface area contributed by atoms with Crippen molar-refractivity contribution in [3.8, 4) is 5.69 Å². The second-order valence-corrected chi connectivity index (χ2v) is 7.05. The zero-order valence-electron chi connectivity index (χ0n) is 15.8. The van der Waals surface area contributed by atoms with Gasteiger partial charge in [0.25, 0.3) is 0 Å². The van der Waals surface area contributed by atoms with Crippen LogP contribution in [-0.2, 0) is 6.54 Å². The molecule has 0 spiro atoms. The Bertz CT molecular complexity index is 1180. The molecule has 0 atom stereocenters. The first-order chi connectivity index (χ1) is 14.3. The zero-order chi connectivity index (χ0) is 19.6. The van der Waals surface area contributed by atoms with E-state index in [4.69, 9.17) is 4.42 Å². The Hall–Kier alpha value is -3.52. The number of rotatable bonds is 4. The quantitative estimate of drug-likeness (QED) is 0.495. The topological polar surface area (TPSA) is 80.3 Å². The van der Waals surface area contributed by atoms with Crippen molar-refractivity contribution in [3.05, 3.63) is 76.9 Å². The minimum atomic E-state index is -0.317. The van der Waals surface area contributed by atoms with Gasteiger partial charge in [-0.1, -0.05) is 30.3 Å². The van der Waals surface area contributed by atoms with Gasteiger partial charge in [0.2, 0.25) is 0 Å². The Morgan fingerprint density at radius 2 is 1.69 bits per heavy atom. The van der Waals surface area contributed by atoms with E-state index >= 15 is 0 Å². The Balaban J connectivity index is 1.31. The van der Waals surface area contributed by atoms with E-state index in [-0.39, 0.29) is 5.63 Å². The smallest absolute Gasteiger partial charge is 0.338 e. The number of piperazine rings is 1. The first-order valence-corrected chi connectivity index (χ1v) is 9.61. The maximum absolute atomic E-state index is 12.0. The Morgan fingerprint density at radius 3 is 2.52 bits per heavy atom. The largest absolute Gasteiger partial charge is 0.423 e. The second kappa shape index (κ2) is 7.48. The fraction of sp³-hybridized carbons (Fsp3) is 0.238. The van der Waals surface area contributed by atoms with Crippen molar-refractivity contribution in [1.82, 2.24) is 25.1 Å². The molecule has 1 saturated heterocycles. The van der Waals surface area contributed by atoms with Crippen LogP contribution in [0.2, 0.25) is 0 Å². The molecule has 0 radical (unpaired) electrons. The van der Waals surface area contributed by atoms with Crippen molar-refractivity contribution in [1.29, 1.82) is 0 Å². The third kappa shape index (κ3) is 3.50. The van der Waals surface area contributed by atoms with Gasteiger partial charge in [0.15, 0.2) is 5.82 Å². The fourth-order valence-electron chi connectivity index (χ4n) is 3.78. The van der Waals surface area contributed by atoms with E-state index in [1.165, 1.54) is 0 Å². The summed E-state index contributed by atoms with van der Waals surface area (Å²) in [7, 11) is 0. The van der Waals surface area contributed by atoms with E-state index < -0.39 is 0 Å². The molecule has 0 saturated carbocycles. The van der Waals surface area contributed by atoms with E-state index in [0.29, 0.717) is 12.1 Å². The molecule has 29 heavy (non-hydrogen) atoms. The zero-order valence-corrected chi connectivity index (χ0v) is 15.8. The molecule has 1 fully saturated rings. The summed E-state index contributed by atoms with van der Waals surface area (Å²) in [5.41, 5.74) is 2.20. The number of para-hydroxylation sites is 2. The van der Waals surface area contributed by atoms with Gasteiger partial charge in [0, 0.05) is 37.6 Å². The SMILES string of the molecule is O=c1cc(N2CCN(Cc3nnnn3-c3ccccc3)CC2)c2ccccc2o1. The fourth-order valence-corrected chi connectivity index (χ4v) is 3.78. The highest BCUT2D eigenvalue weighted by Gasteiger charge is 2.21. The van der Waals surface area contributed by atoms with Gasteiger partial charge in [-0.3, -0.25) is 4.90 Å². The van der Waals surface area contributed by atoms with E-state index in [1.807, 2.05) is 54.6 Å². The predicted molar refractivity (Wildman–Crippen MR) is 109 cm³/mol. The molecule has 3 heterocycles. The Labute approximate surface area is 167 Å². The monoisotopic (exact) mass is 388 g/mol. The molecule has 5 rings (SSSR count). The maximum Gasteiger partial charge on any atom is 0.338 e. The number of anilines is 1. The average Bonchev–Trinajstić information content (AvgIpc) is 3.22. The molecule has 0 amide bonds. The maximum atomic E-state index is 12.0. The first kappa shape index (κ1) is 17.6. The summed E-state index contributed by atoms with van der Waals surface area (Å²) in [4.78, 5) is 16.5. The van der Waals surface area contributed by atoms with Gasteiger partial charge in [0.05, 0.1) is 17.9 Å². The van der Waals surface area contributed by atoms with Crippen LogP contribution in [0.4, 0.5) is 5.69 Å². The summed E-state index contributed by atoms with van der Waals surface area (Å²) in [6.45, 7) is 4.03. The molecule has 1 aliphatic rings. The lowest BCUT2D eigenvalue weighted by Gasteiger charge is -2.36. The molecule has 0 unspecified atom stereocenters. The number of fused-ring (bicyclic) bond motifs is 1. The van der Waals surface area contributed by atoms with Gasteiger partial charge in [-0.05, 0) is 34.7 Å². The second-order valence-electron chi connectivity index (χ2n) is 7.05. The molecule has 8 heteroatoms. The molecule has 4 aromatic rings. The van der Waals surface area contributed by atoms with Crippen LogP contribution in [0.25, 0.3) is 16.7 Å². The standard InChI is InChI=1S/C21H20N6O2/c28-21-14-18(17-8-4-5-9-19(17)29-21)26-12-10-25(11-13-26)15-20-22-23-24-27(20)16-6-2-1-3-7-16/h1-9,14H,10-13,15H2. The summed E-state index contributed by atoms with van der Waals surface area (Å²) in [6.07, 6.45) is 0. The highest BCUT2D eigenvalue weighted by atomic mass is 16.4. The summed E-state index contributed by atoms with van der Waals surface area (Å²) in [5, 5.41) is 13.2. The normalized spacial score (nSPS) is 15.1. The van der Waals surface area contributed by atoms with Gasteiger partial charge in [-0.2, -0.15) is 4.68 Å². The van der Waals surface area contributed by atoms with Crippen LogP contribution < -0.4 is 10.5 Å². The van der Waals surface area contributed by atoms with Crippen LogP contribution in [0.1, 0.15) is 5.82 Å². The lowest BCUT2D eigenvalue weighted by molar-refractivity contribution is 0.242. The molecule has 146 valence electrons. The highest BCUT2D eigenvalue weighted by molar-refractivity contribution is 5.90. The van der Waals surface area contributed by atoms with Crippen LogP contribution in [0.3, 0.4) is 0 Å². The number of tetrazole rings is 1. The van der Waals surface area contributed by atoms with Crippen LogP contribution in [-0.4, -0.2) is 51.3 Å². The molecule has 2 aromatic carbocycles. The number of benzene rings is 2. The van der Waals surface area contributed by atoms with Gasteiger partial charge in [-0.15, -0.1) is 5.10 Å². The Kier molecular flexibility index (Phi) is 4.53. The van der Waals surface area contributed by atoms with Gasteiger partial charge < -0.3 is 9.32 Å². The number of hydrogen-bond donors (Lipinski definition) is 0. The van der Waals surface area contributed by atoms with Crippen molar-refractivity contribution < 1.29 is 4.42 Å². The number of hydrogen-bond acceptors (Lipinski definition) is 7. The van der Waals surface area contributed by atoms with E-state index in [9.17, 15) is 4.79 Å². The average molecular weight is 388 g/mol. The number of aromatic nitrogens is 4. The van der Waals surface area contributed by atoms with Gasteiger partial charge >= 0.3 is 5.63 Å².